The third kappa shape index (κ3) is 7.42. The van der Waals surface area contributed by atoms with Crippen LogP contribution in [0.25, 0.3) is 0 Å². The lowest BCUT2D eigenvalue weighted by Crippen LogP contribution is -1.90. The predicted octanol–water partition coefficient (Wildman–Crippen LogP) is 2.20. The third-order valence-electron chi connectivity index (χ3n) is 1.90. The van der Waals surface area contributed by atoms with Crippen molar-refractivity contribution < 1.29 is 5.11 Å². The Morgan fingerprint density at radius 2 is 2.09 bits per heavy atom. The zero-order chi connectivity index (χ0) is 8.53. The number of unbranched alkanes of at least 4 members (excludes halogenated alkanes) is 1. The van der Waals surface area contributed by atoms with Gasteiger partial charge in [0.25, 0.3) is 0 Å². The molecule has 0 saturated heterocycles. The lowest BCUT2D eigenvalue weighted by atomic mass is 10.0. The van der Waals surface area contributed by atoms with Crippen molar-refractivity contribution in [2.75, 3.05) is 6.61 Å². The van der Waals surface area contributed by atoms with Crippen molar-refractivity contribution >= 4 is 0 Å². The normalized spacial score (nSPS) is 11.9. The first-order valence-corrected chi connectivity index (χ1v) is 4.37. The molecular formula is C10H18O. The van der Waals surface area contributed by atoms with Crippen molar-refractivity contribution in [1.29, 1.82) is 0 Å². The molecule has 0 aliphatic heterocycles. The van der Waals surface area contributed by atoms with Gasteiger partial charge in [0.05, 0.1) is 0 Å². The van der Waals surface area contributed by atoms with E-state index in [9.17, 15) is 0 Å². The third-order valence-corrected chi connectivity index (χ3v) is 1.90. The Morgan fingerprint density at radius 1 is 1.36 bits per heavy atom. The van der Waals surface area contributed by atoms with Crippen LogP contribution in [0.4, 0.5) is 0 Å². The average Bonchev–Trinajstić information content (AvgIpc) is 2.04. The molecule has 1 heteroatoms. The maximum atomic E-state index is 8.35. The fourth-order valence-electron chi connectivity index (χ4n) is 0.887. The zero-order valence-corrected chi connectivity index (χ0v) is 7.56. The van der Waals surface area contributed by atoms with E-state index in [0.717, 1.165) is 12.3 Å². The summed E-state index contributed by atoms with van der Waals surface area (Å²) in [7, 11) is 0. The fraction of sp³-hybridized carbons (Fsp3) is 0.800. The Bertz CT molecular complexity index is 130. The molecule has 1 N–H and O–H groups in total. The Labute approximate surface area is 69.8 Å². The van der Waals surface area contributed by atoms with Crippen molar-refractivity contribution in [1.82, 2.24) is 0 Å². The smallest absolute Gasteiger partial charge is 0.104 e. The second kappa shape index (κ2) is 7.63. The van der Waals surface area contributed by atoms with Gasteiger partial charge in [0.2, 0.25) is 0 Å². The molecule has 1 nitrogen and oxygen atoms in total. The number of aliphatic hydroxyl groups excluding tert-OH is 1. The summed E-state index contributed by atoms with van der Waals surface area (Å²) in [6.07, 6.45) is 4.62. The van der Waals surface area contributed by atoms with Crippen LogP contribution in [0.1, 0.15) is 39.5 Å². The molecular weight excluding hydrogens is 136 g/mol. The van der Waals surface area contributed by atoms with Gasteiger partial charge >= 0.3 is 0 Å². The van der Waals surface area contributed by atoms with E-state index in [2.05, 4.69) is 25.7 Å². The Kier molecular flexibility index (Phi) is 7.29. The molecule has 0 aromatic rings. The molecule has 0 bridgehead atoms. The standard InChI is InChI=1S/C10H18O/c1-3-10(2)8-6-4-5-7-9-11/h10-11H,3-4,6,8-9H2,1-2H3. The first kappa shape index (κ1) is 10.5. The van der Waals surface area contributed by atoms with Crippen molar-refractivity contribution in [3.8, 4) is 11.8 Å². The largest absolute Gasteiger partial charge is 0.384 e. The van der Waals surface area contributed by atoms with Crippen LogP contribution in [0, 0.1) is 17.8 Å². The lowest BCUT2D eigenvalue weighted by molar-refractivity contribution is 0.350. The molecule has 1 atom stereocenters. The highest BCUT2D eigenvalue weighted by Gasteiger charge is 1.95. The fourth-order valence-corrected chi connectivity index (χ4v) is 0.887. The van der Waals surface area contributed by atoms with Crippen molar-refractivity contribution in [3.63, 3.8) is 0 Å². The van der Waals surface area contributed by atoms with Gasteiger partial charge in [-0.15, -0.1) is 5.92 Å². The number of hydrogen-bond acceptors (Lipinski definition) is 1. The van der Waals surface area contributed by atoms with Gasteiger partial charge in [0.1, 0.15) is 6.61 Å². The second-order valence-electron chi connectivity index (χ2n) is 2.92. The highest BCUT2D eigenvalue weighted by molar-refractivity contribution is 4.98. The van der Waals surface area contributed by atoms with Gasteiger partial charge in [-0.3, -0.25) is 0 Å². The van der Waals surface area contributed by atoms with Crippen molar-refractivity contribution in [2.24, 2.45) is 5.92 Å². The summed E-state index contributed by atoms with van der Waals surface area (Å²) in [5.41, 5.74) is 0. The molecule has 0 amide bonds. The van der Waals surface area contributed by atoms with E-state index in [4.69, 9.17) is 5.11 Å². The summed E-state index contributed by atoms with van der Waals surface area (Å²) in [6.45, 7) is 4.48. The first-order chi connectivity index (χ1) is 5.31. The van der Waals surface area contributed by atoms with E-state index >= 15 is 0 Å². The average molecular weight is 154 g/mol. The topological polar surface area (TPSA) is 20.2 Å². The van der Waals surface area contributed by atoms with Gasteiger partial charge < -0.3 is 5.11 Å². The van der Waals surface area contributed by atoms with E-state index in [1.807, 2.05) is 0 Å². The summed E-state index contributed by atoms with van der Waals surface area (Å²) in [6, 6.07) is 0. The lowest BCUT2D eigenvalue weighted by Gasteiger charge is -2.04. The summed E-state index contributed by atoms with van der Waals surface area (Å²) in [4.78, 5) is 0. The molecule has 0 radical (unpaired) electrons. The van der Waals surface area contributed by atoms with E-state index in [-0.39, 0.29) is 6.61 Å². The molecule has 0 aliphatic carbocycles. The maximum absolute atomic E-state index is 8.35. The van der Waals surface area contributed by atoms with Crippen LogP contribution in [0.5, 0.6) is 0 Å². The Morgan fingerprint density at radius 3 is 2.64 bits per heavy atom. The monoisotopic (exact) mass is 154 g/mol. The molecule has 0 heterocycles. The van der Waals surface area contributed by atoms with Crippen LogP contribution in [0.2, 0.25) is 0 Å². The van der Waals surface area contributed by atoms with Gasteiger partial charge in [0, 0.05) is 6.42 Å². The first-order valence-electron chi connectivity index (χ1n) is 4.37. The van der Waals surface area contributed by atoms with Gasteiger partial charge in [-0.05, 0) is 18.8 Å². The van der Waals surface area contributed by atoms with Crippen LogP contribution in [-0.4, -0.2) is 11.7 Å². The summed E-state index contributed by atoms with van der Waals surface area (Å²) < 4.78 is 0. The molecule has 11 heavy (non-hydrogen) atoms. The van der Waals surface area contributed by atoms with Gasteiger partial charge in [-0.25, -0.2) is 0 Å². The van der Waals surface area contributed by atoms with E-state index in [0.29, 0.717) is 0 Å². The molecule has 0 rings (SSSR count). The quantitative estimate of drug-likeness (QED) is 0.486. The van der Waals surface area contributed by atoms with Gasteiger partial charge in [0.15, 0.2) is 0 Å². The minimum Gasteiger partial charge on any atom is -0.384 e. The SMILES string of the molecule is CCC(C)CCCC#CCO. The number of hydrogen-bond donors (Lipinski definition) is 1. The van der Waals surface area contributed by atoms with Crippen LogP contribution in [0.3, 0.4) is 0 Å². The molecule has 0 saturated carbocycles. The molecule has 0 aromatic heterocycles. The van der Waals surface area contributed by atoms with E-state index < -0.39 is 0 Å². The van der Waals surface area contributed by atoms with Crippen LogP contribution in [-0.2, 0) is 0 Å². The summed E-state index contributed by atoms with van der Waals surface area (Å²) in [5.74, 6) is 6.38. The Hall–Kier alpha value is -0.480. The minimum atomic E-state index is 0.00330. The zero-order valence-electron chi connectivity index (χ0n) is 7.56. The second-order valence-corrected chi connectivity index (χ2v) is 2.92. The van der Waals surface area contributed by atoms with Crippen molar-refractivity contribution in [3.05, 3.63) is 0 Å². The van der Waals surface area contributed by atoms with E-state index in [1.165, 1.54) is 19.3 Å². The van der Waals surface area contributed by atoms with Crippen molar-refractivity contribution in [2.45, 2.75) is 39.5 Å². The van der Waals surface area contributed by atoms with Crippen LogP contribution < -0.4 is 0 Å². The molecule has 0 aliphatic rings. The highest BCUT2D eigenvalue weighted by Crippen LogP contribution is 2.09. The van der Waals surface area contributed by atoms with Gasteiger partial charge in [-0.1, -0.05) is 26.2 Å². The van der Waals surface area contributed by atoms with Crippen LogP contribution in [0.15, 0.2) is 0 Å². The molecule has 0 aromatic carbocycles. The minimum absolute atomic E-state index is 0.00330. The molecule has 64 valence electrons. The maximum Gasteiger partial charge on any atom is 0.104 e. The summed E-state index contributed by atoms with van der Waals surface area (Å²) >= 11 is 0. The predicted molar refractivity (Wildman–Crippen MR) is 48.2 cm³/mol. The molecule has 0 spiro atoms. The van der Waals surface area contributed by atoms with Gasteiger partial charge in [-0.2, -0.15) is 0 Å². The molecule has 0 fully saturated rings. The Balaban J connectivity index is 3.14. The number of aliphatic hydroxyl groups is 1. The molecule has 1 unspecified atom stereocenters. The summed E-state index contributed by atoms with van der Waals surface area (Å²) in [5, 5.41) is 8.35. The highest BCUT2D eigenvalue weighted by atomic mass is 16.2. The van der Waals surface area contributed by atoms with Crippen LogP contribution >= 0.6 is 0 Å². The number of rotatable bonds is 4. The van der Waals surface area contributed by atoms with E-state index in [1.54, 1.807) is 0 Å².